The maximum Gasteiger partial charge on any atom is 0.238 e. The highest BCUT2D eigenvalue weighted by molar-refractivity contribution is 7.19. The third-order valence-electron chi connectivity index (χ3n) is 13.3. The molecule has 0 amide bonds. The van der Waals surface area contributed by atoms with Crippen molar-refractivity contribution in [1.29, 1.82) is 0 Å². The van der Waals surface area contributed by atoms with Gasteiger partial charge in [-0.15, -0.1) is 0 Å². The van der Waals surface area contributed by atoms with Crippen LogP contribution in [0, 0.1) is 0 Å². The summed E-state index contributed by atoms with van der Waals surface area (Å²) < 4.78 is 297. The highest BCUT2D eigenvalue weighted by atomic mass is 28.3. The Morgan fingerprint density at radius 2 is 0.803 bits per heavy atom. The molecule has 0 fully saturated rings. The van der Waals surface area contributed by atoms with E-state index in [4.69, 9.17) is 27.8 Å². The van der Waals surface area contributed by atoms with Crippen molar-refractivity contribution >= 4 is 94.2 Å². The number of nitrogens with zero attached hydrogens (tertiary/aromatic N) is 6. The number of rotatable bonds is 9. The molecule has 4 aromatic heterocycles. The van der Waals surface area contributed by atoms with Crippen LogP contribution in [0.25, 0.3) is 106 Å². The van der Waals surface area contributed by atoms with E-state index in [-0.39, 0.29) is 5.69 Å². The summed E-state index contributed by atoms with van der Waals surface area (Å²) in [4.78, 5) is 14.1. The van der Waals surface area contributed by atoms with E-state index in [1.165, 1.54) is 0 Å². The fraction of sp³-hybridized carbons (Fsp3) is 0. The van der Waals surface area contributed by atoms with Gasteiger partial charge in [0.25, 0.3) is 0 Å². The Labute approximate surface area is 483 Å². The average molecular weight is 1020 g/mol. The van der Waals surface area contributed by atoms with Gasteiger partial charge < -0.3 is 9.13 Å². The largest absolute Gasteiger partial charge is 0.309 e. The Morgan fingerprint density at radius 3 is 1.43 bits per heavy atom. The molecule has 0 bridgehead atoms. The van der Waals surface area contributed by atoms with Crippen LogP contribution in [0.2, 0.25) is 0 Å². The molecule has 4 heterocycles. The van der Waals surface area contributed by atoms with E-state index in [9.17, 15) is 24.7 Å². The summed E-state index contributed by atoms with van der Waals surface area (Å²) in [7, 11) is -6.59. The summed E-state index contributed by atoms with van der Waals surface area (Å²) in [5.74, 6) is -3.12. The molecule has 0 aliphatic rings. The minimum Gasteiger partial charge on any atom is -0.309 e. The van der Waals surface area contributed by atoms with Gasteiger partial charge in [0, 0.05) is 49.1 Å². The lowest BCUT2D eigenvalue weighted by molar-refractivity contribution is 0.950. The van der Waals surface area contributed by atoms with Crippen molar-refractivity contribution in [3.8, 4) is 40.1 Å². The first kappa shape index (κ1) is 22.7. The monoisotopic (exact) mass is 1020 g/mol. The molecule has 15 rings (SSSR count). The molecular weight excluding hydrogens is 941 g/mol. The molecule has 0 N–H and O–H groups in total. The molecule has 0 aliphatic heterocycles. The second kappa shape index (κ2) is 17.6. The highest BCUT2D eigenvalue weighted by Gasteiger charge is 2.41. The van der Waals surface area contributed by atoms with Crippen molar-refractivity contribution < 1.29 is 42.5 Å². The van der Waals surface area contributed by atoms with Gasteiger partial charge in [0.05, 0.1) is 81.3 Å². The second-order valence-corrected chi connectivity index (χ2v) is 20.7. The van der Waals surface area contributed by atoms with Crippen LogP contribution in [-0.2, 0) is 0 Å². The Bertz CT molecular complexity index is 6290. The SMILES string of the molecule is [2H]c1c([2H])c([2H])c(-c2nc(-c3c([2H])c([2H])c([2H])c([Si](c4c([2H])c([2H])c([2H])c([2H])c4[2H])(c4c([2H])c([2H])c([2H])c([2H])c4[2H])c4c([2H])c([2H])c([2H])c([2H])c4[2H])c3[2H])nc(-n3c4c([2H])c([2H])c([2H])c([2H])c4c4c([2H])c([2H])c([2H])c(-n5c6ccccc6c6cc(-n7c8ccccc8c8ccccc87)ccc65)c43)n2)c([2H])c1[2H]. The summed E-state index contributed by atoms with van der Waals surface area (Å²) in [5.41, 5.74) is -0.445. The molecule has 0 saturated carbocycles. The number of para-hydroxylation sites is 5. The number of fused-ring (bicyclic) bond motifs is 9. The second-order valence-electron chi connectivity index (χ2n) is 17.2. The van der Waals surface area contributed by atoms with Crippen molar-refractivity contribution in [3.05, 3.63) is 278 Å². The maximum absolute atomic E-state index is 10.7. The van der Waals surface area contributed by atoms with Gasteiger partial charge in [-0.05, 0) is 69.2 Å². The lowest BCUT2D eigenvalue weighted by Gasteiger charge is -2.34. The van der Waals surface area contributed by atoms with Crippen LogP contribution >= 0.6 is 0 Å². The summed E-state index contributed by atoms with van der Waals surface area (Å²) in [6.45, 7) is 0. The predicted molar refractivity (Wildman–Crippen MR) is 317 cm³/mol. The van der Waals surface area contributed by atoms with Crippen molar-refractivity contribution in [1.82, 2.24) is 28.7 Å². The van der Waals surface area contributed by atoms with Crippen LogP contribution in [0.15, 0.2) is 278 Å². The molecular formula is C69H46N6Si. The van der Waals surface area contributed by atoms with Gasteiger partial charge in [-0.3, -0.25) is 4.57 Å². The first-order chi connectivity index (χ1) is 50.6. The van der Waals surface area contributed by atoms with Gasteiger partial charge in [-0.2, -0.15) is 9.97 Å². The van der Waals surface area contributed by atoms with Crippen molar-refractivity contribution in [2.45, 2.75) is 0 Å². The zero-order valence-electron chi connectivity index (χ0n) is 69.8. The van der Waals surface area contributed by atoms with Crippen LogP contribution in [0.1, 0.15) is 42.5 Å². The number of benzene rings is 11. The molecule has 6 nitrogen and oxygen atoms in total. The van der Waals surface area contributed by atoms with Crippen LogP contribution in [0.3, 0.4) is 0 Å². The molecule has 0 aliphatic carbocycles. The molecule has 7 heteroatoms. The molecule has 76 heavy (non-hydrogen) atoms. The van der Waals surface area contributed by atoms with Gasteiger partial charge in [0.2, 0.25) is 5.95 Å². The Kier molecular flexibility index (Phi) is 5.25. The molecule has 0 spiro atoms. The van der Waals surface area contributed by atoms with Gasteiger partial charge in [0.1, 0.15) is 0 Å². The van der Waals surface area contributed by atoms with Crippen LogP contribution in [0.4, 0.5) is 0 Å². The molecule has 356 valence electrons. The lowest BCUT2D eigenvalue weighted by Crippen LogP contribution is -2.74. The third kappa shape index (κ3) is 6.69. The van der Waals surface area contributed by atoms with Crippen molar-refractivity contribution in [2.75, 3.05) is 0 Å². The topological polar surface area (TPSA) is 53.5 Å². The summed E-state index contributed by atoms with van der Waals surface area (Å²) in [6, 6.07) is -7.19. The molecule has 0 atom stereocenters. The van der Waals surface area contributed by atoms with Gasteiger partial charge >= 0.3 is 0 Å². The van der Waals surface area contributed by atoms with E-state index < -0.39 is 267 Å². The number of hydrogen-bond donors (Lipinski definition) is 0. The zero-order valence-corrected chi connectivity index (χ0v) is 39.8. The van der Waals surface area contributed by atoms with Crippen molar-refractivity contribution in [3.63, 3.8) is 0 Å². The number of hydrogen-bond acceptors (Lipinski definition) is 3. The maximum atomic E-state index is 10.7. The fourth-order valence-corrected chi connectivity index (χ4v) is 13.8. The third-order valence-corrected chi connectivity index (χ3v) is 17.3. The minimum absolute atomic E-state index is 0.323. The average Bonchev–Trinajstić information content (AvgIpc) is 0.964. The van der Waals surface area contributed by atoms with E-state index in [0.717, 1.165) is 26.4 Å². The summed E-state index contributed by atoms with van der Waals surface area (Å²) in [6.07, 6.45) is 0. The van der Waals surface area contributed by atoms with Crippen LogP contribution in [-0.4, -0.2) is 36.7 Å². The Morgan fingerprint density at radius 1 is 0.329 bits per heavy atom. The van der Waals surface area contributed by atoms with E-state index in [1.54, 1.807) is 41.0 Å². The Hall–Kier alpha value is -9.95. The lowest BCUT2D eigenvalue weighted by atomic mass is 10.1. The Balaban J connectivity index is 1.16. The molecule has 15 aromatic rings. The van der Waals surface area contributed by atoms with Crippen LogP contribution in [0.5, 0.6) is 0 Å². The standard InChI is InChI=1S/C69H46N6Si/c1-5-23-47(24-6-1)67-70-68(48-25-21-32-53(45-48)76(50-26-7-2-8-27-50,51-28-9-3-10-29-51)52-30-11-4-12-31-52)72-69(71-67)75-63-41-20-15-35-56(63)58-37-22-42-65(66(58)75)74-62-40-19-16-36-57(62)59-46-49(43-44-64(59)74)73-60-38-17-13-33-54(60)55-34-14-18-39-61(55)73/h1-46H/i1D,2D,3D,4D,5D,6D,7D,8D,9D,10D,11D,12D,15D,20D,21D,22D,23D,24D,25D,26D,27D,28D,29D,30D,31D,32D,35D,37D,41D,42D,45D. The normalized spacial score (nSPS) is 17.7. The first-order valence-electron chi connectivity index (χ1n) is 38.8. The molecule has 0 saturated heterocycles. The smallest absolute Gasteiger partial charge is 0.238 e. The zero-order chi connectivity index (χ0) is 77.1. The molecule has 11 aromatic carbocycles. The minimum atomic E-state index is -6.59. The fourth-order valence-electron chi connectivity index (χ4n) is 10.2. The molecule has 0 unspecified atom stereocenters. The van der Waals surface area contributed by atoms with Gasteiger partial charge in [-0.1, -0.05) is 230 Å². The van der Waals surface area contributed by atoms with Crippen LogP contribution < -0.4 is 20.7 Å². The van der Waals surface area contributed by atoms with E-state index in [2.05, 4.69) is 9.55 Å². The van der Waals surface area contributed by atoms with E-state index in [0.29, 0.717) is 27.5 Å². The highest BCUT2D eigenvalue weighted by Crippen LogP contribution is 2.41. The van der Waals surface area contributed by atoms with Gasteiger partial charge in [0.15, 0.2) is 19.7 Å². The van der Waals surface area contributed by atoms with Crippen molar-refractivity contribution in [2.24, 2.45) is 0 Å². The summed E-state index contributed by atoms with van der Waals surface area (Å²) >= 11 is 0. The predicted octanol–water partition coefficient (Wildman–Crippen LogP) is 13.9. The first-order valence-corrected chi connectivity index (χ1v) is 25.3. The molecule has 0 radical (unpaired) electrons. The van der Waals surface area contributed by atoms with Gasteiger partial charge in [-0.25, -0.2) is 4.98 Å². The van der Waals surface area contributed by atoms with E-state index in [1.807, 2.05) is 54.6 Å². The quantitative estimate of drug-likeness (QED) is 0.107. The number of aromatic nitrogens is 6. The summed E-state index contributed by atoms with van der Waals surface area (Å²) in [5, 5.41) is -2.86. The van der Waals surface area contributed by atoms with E-state index >= 15 is 0 Å².